The molecular formula is C11H12ClFN4. The van der Waals surface area contributed by atoms with Gasteiger partial charge < -0.3 is 5.73 Å². The third-order valence-electron chi connectivity index (χ3n) is 2.50. The topological polar surface area (TPSA) is 56.7 Å². The summed E-state index contributed by atoms with van der Waals surface area (Å²) in [5.41, 5.74) is 7.85. The lowest BCUT2D eigenvalue weighted by molar-refractivity contribution is 0.626. The van der Waals surface area contributed by atoms with Gasteiger partial charge in [0.2, 0.25) is 0 Å². The molecule has 0 aliphatic rings. The van der Waals surface area contributed by atoms with E-state index in [1.165, 1.54) is 12.1 Å². The smallest absolute Gasteiger partial charge is 0.124 e. The molecule has 0 radical (unpaired) electrons. The van der Waals surface area contributed by atoms with Crippen molar-refractivity contribution < 1.29 is 4.39 Å². The van der Waals surface area contributed by atoms with E-state index >= 15 is 0 Å². The highest BCUT2D eigenvalue weighted by Gasteiger charge is 2.15. The first-order valence-electron chi connectivity index (χ1n) is 5.14. The first-order chi connectivity index (χ1) is 8.00. The Kier molecular flexibility index (Phi) is 3.13. The van der Waals surface area contributed by atoms with E-state index < -0.39 is 0 Å². The van der Waals surface area contributed by atoms with Crippen LogP contribution in [0.3, 0.4) is 0 Å². The Hall–Kier alpha value is -1.46. The molecule has 0 bridgehead atoms. The number of benzene rings is 1. The number of aromatic nitrogens is 3. The Balaban J connectivity index is 2.54. The van der Waals surface area contributed by atoms with E-state index in [-0.39, 0.29) is 16.9 Å². The number of hydrogen-bond donors (Lipinski definition) is 1. The van der Waals surface area contributed by atoms with Gasteiger partial charge in [-0.1, -0.05) is 16.8 Å². The molecule has 0 saturated heterocycles. The van der Waals surface area contributed by atoms with Crippen LogP contribution in [0, 0.1) is 12.7 Å². The van der Waals surface area contributed by atoms with Crippen molar-refractivity contribution in [2.75, 3.05) is 0 Å². The fourth-order valence-corrected chi connectivity index (χ4v) is 1.89. The molecule has 0 fully saturated rings. The summed E-state index contributed by atoms with van der Waals surface area (Å²) in [6, 6.07) is 3.92. The van der Waals surface area contributed by atoms with E-state index in [0.717, 1.165) is 5.69 Å². The molecule has 1 aromatic carbocycles. The predicted octanol–water partition coefficient (Wildman–Crippen LogP) is 2.39. The molecule has 2 rings (SSSR count). The Morgan fingerprint density at radius 3 is 2.71 bits per heavy atom. The van der Waals surface area contributed by atoms with Gasteiger partial charge in [-0.15, -0.1) is 5.10 Å². The molecule has 0 aliphatic carbocycles. The molecule has 4 nitrogen and oxygen atoms in total. The fourth-order valence-electron chi connectivity index (χ4n) is 1.64. The van der Waals surface area contributed by atoms with Crippen LogP contribution in [-0.2, 0) is 0 Å². The van der Waals surface area contributed by atoms with Crippen molar-refractivity contribution >= 4 is 11.6 Å². The molecule has 1 atom stereocenters. The summed E-state index contributed by atoms with van der Waals surface area (Å²) in [5, 5.41) is 8.25. The molecule has 0 spiro atoms. The van der Waals surface area contributed by atoms with E-state index in [4.69, 9.17) is 17.3 Å². The van der Waals surface area contributed by atoms with Gasteiger partial charge in [0.25, 0.3) is 0 Å². The van der Waals surface area contributed by atoms with Crippen LogP contribution in [0.5, 0.6) is 0 Å². The van der Waals surface area contributed by atoms with Crippen LogP contribution >= 0.6 is 11.6 Å². The highest BCUT2D eigenvalue weighted by atomic mass is 35.5. The van der Waals surface area contributed by atoms with Crippen LogP contribution < -0.4 is 5.73 Å². The Morgan fingerprint density at radius 2 is 2.18 bits per heavy atom. The Morgan fingerprint density at radius 1 is 1.47 bits per heavy atom. The summed E-state index contributed by atoms with van der Waals surface area (Å²) in [4.78, 5) is 0. The van der Waals surface area contributed by atoms with Crippen molar-refractivity contribution in [2.45, 2.75) is 19.9 Å². The van der Waals surface area contributed by atoms with Crippen LogP contribution in [0.15, 0.2) is 18.2 Å². The molecule has 90 valence electrons. The third kappa shape index (κ3) is 2.16. The summed E-state index contributed by atoms with van der Waals surface area (Å²) < 4.78 is 14.5. The minimum absolute atomic E-state index is 0.206. The van der Waals surface area contributed by atoms with Crippen molar-refractivity contribution in [3.63, 3.8) is 0 Å². The zero-order chi connectivity index (χ0) is 12.6. The molecule has 1 unspecified atom stereocenters. The SMILES string of the molecule is Cc1c(C(C)N)nnn1-c1ccc(F)cc1Cl. The maximum absolute atomic E-state index is 12.9. The van der Waals surface area contributed by atoms with Gasteiger partial charge in [0.05, 0.1) is 16.4 Å². The lowest BCUT2D eigenvalue weighted by atomic mass is 10.2. The highest BCUT2D eigenvalue weighted by molar-refractivity contribution is 6.32. The van der Waals surface area contributed by atoms with Crippen molar-refractivity contribution in [2.24, 2.45) is 5.73 Å². The normalized spacial score (nSPS) is 12.8. The van der Waals surface area contributed by atoms with E-state index in [1.807, 2.05) is 13.8 Å². The standard InChI is InChI=1S/C11H12ClFN4/c1-6(14)11-7(2)17(16-15-11)10-4-3-8(13)5-9(10)12/h3-6H,14H2,1-2H3. The van der Waals surface area contributed by atoms with Gasteiger partial charge in [-0.3, -0.25) is 0 Å². The van der Waals surface area contributed by atoms with Gasteiger partial charge in [-0.25, -0.2) is 9.07 Å². The lowest BCUT2D eigenvalue weighted by Gasteiger charge is -2.07. The van der Waals surface area contributed by atoms with E-state index in [2.05, 4.69) is 10.3 Å². The highest BCUT2D eigenvalue weighted by Crippen LogP contribution is 2.23. The molecule has 6 heteroatoms. The van der Waals surface area contributed by atoms with Crippen LogP contribution in [0.1, 0.15) is 24.4 Å². The van der Waals surface area contributed by atoms with Crippen LogP contribution in [0.4, 0.5) is 4.39 Å². The molecule has 0 saturated carbocycles. The molecule has 0 aliphatic heterocycles. The van der Waals surface area contributed by atoms with Gasteiger partial charge in [-0.2, -0.15) is 0 Å². The van der Waals surface area contributed by atoms with E-state index in [0.29, 0.717) is 11.4 Å². The average Bonchev–Trinajstić information content (AvgIpc) is 2.60. The molecule has 2 aromatic rings. The summed E-state index contributed by atoms with van der Waals surface area (Å²) in [6.45, 7) is 3.67. The van der Waals surface area contributed by atoms with Gasteiger partial charge in [0, 0.05) is 6.04 Å². The zero-order valence-electron chi connectivity index (χ0n) is 9.48. The minimum atomic E-state index is -0.385. The van der Waals surface area contributed by atoms with Crippen molar-refractivity contribution in [1.29, 1.82) is 0 Å². The Labute approximate surface area is 103 Å². The van der Waals surface area contributed by atoms with Gasteiger partial charge >= 0.3 is 0 Å². The summed E-state index contributed by atoms with van der Waals surface area (Å²) in [7, 11) is 0. The third-order valence-corrected chi connectivity index (χ3v) is 2.80. The summed E-state index contributed by atoms with van der Waals surface area (Å²) in [6.07, 6.45) is 0. The molecule has 1 aromatic heterocycles. The fraction of sp³-hybridized carbons (Fsp3) is 0.273. The second-order valence-corrected chi connectivity index (χ2v) is 4.26. The maximum Gasteiger partial charge on any atom is 0.124 e. The average molecular weight is 255 g/mol. The summed E-state index contributed by atoms with van der Waals surface area (Å²) >= 11 is 5.96. The van der Waals surface area contributed by atoms with E-state index in [1.54, 1.807) is 10.7 Å². The second-order valence-electron chi connectivity index (χ2n) is 3.86. The predicted molar refractivity (Wildman–Crippen MR) is 63.7 cm³/mol. The largest absolute Gasteiger partial charge is 0.323 e. The van der Waals surface area contributed by atoms with Gasteiger partial charge in [0.15, 0.2) is 0 Å². The summed E-state index contributed by atoms with van der Waals surface area (Å²) in [5.74, 6) is -0.385. The van der Waals surface area contributed by atoms with Crippen molar-refractivity contribution in [3.05, 3.63) is 40.4 Å². The number of nitrogens with two attached hydrogens (primary N) is 1. The second kappa shape index (κ2) is 4.43. The van der Waals surface area contributed by atoms with Crippen molar-refractivity contribution in [3.8, 4) is 5.69 Å². The maximum atomic E-state index is 12.9. The molecule has 2 N–H and O–H groups in total. The van der Waals surface area contributed by atoms with E-state index in [9.17, 15) is 4.39 Å². The monoisotopic (exact) mass is 254 g/mol. The first kappa shape index (κ1) is 12.0. The Bertz CT molecular complexity index is 550. The first-order valence-corrected chi connectivity index (χ1v) is 5.51. The number of halogens is 2. The number of rotatable bonds is 2. The zero-order valence-corrected chi connectivity index (χ0v) is 10.2. The lowest BCUT2D eigenvalue weighted by Crippen LogP contribution is -2.08. The van der Waals surface area contributed by atoms with Crippen LogP contribution in [-0.4, -0.2) is 15.0 Å². The van der Waals surface area contributed by atoms with Gasteiger partial charge in [0.1, 0.15) is 11.5 Å². The van der Waals surface area contributed by atoms with Crippen LogP contribution in [0.25, 0.3) is 5.69 Å². The van der Waals surface area contributed by atoms with Crippen molar-refractivity contribution in [1.82, 2.24) is 15.0 Å². The van der Waals surface area contributed by atoms with Gasteiger partial charge in [-0.05, 0) is 32.0 Å². The molecule has 1 heterocycles. The van der Waals surface area contributed by atoms with Crippen LogP contribution in [0.2, 0.25) is 5.02 Å². The molecule has 0 amide bonds. The molecule has 17 heavy (non-hydrogen) atoms. The number of hydrogen-bond acceptors (Lipinski definition) is 3. The number of nitrogens with zero attached hydrogens (tertiary/aromatic N) is 3. The molecular weight excluding hydrogens is 243 g/mol. The quantitative estimate of drug-likeness (QED) is 0.895. The minimum Gasteiger partial charge on any atom is -0.323 e.